The smallest absolute Gasteiger partial charge is 0.345 e. The predicted molar refractivity (Wildman–Crippen MR) is 114 cm³/mol. The Morgan fingerprint density at radius 3 is 2.47 bits per heavy atom. The average Bonchev–Trinajstić information content (AvgIpc) is 2.79. The van der Waals surface area contributed by atoms with Crippen LogP contribution >= 0.6 is 0 Å². The van der Waals surface area contributed by atoms with E-state index in [1.807, 2.05) is 0 Å². The van der Waals surface area contributed by atoms with Gasteiger partial charge in [-0.1, -0.05) is 18.2 Å². The largest absolute Gasteiger partial charge is 0.497 e. The zero-order valence-electron chi connectivity index (χ0n) is 15.9. The van der Waals surface area contributed by atoms with Crippen LogP contribution in [-0.4, -0.2) is 12.1 Å². The van der Waals surface area contributed by atoms with Crippen molar-refractivity contribution in [2.24, 2.45) is 0 Å². The van der Waals surface area contributed by atoms with E-state index in [0.717, 1.165) is 5.56 Å². The fourth-order valence-electron chi connectivity index (χ4n) is 3.46. The van der Waals surface area contributed by atoms with E-state index in [4.69, 9.17) is 13.6 Å². The zero-order valence-corrected chi connectivity index (χ0v) is 15.9. The predicted octanol–water partition coefficient (Wildman–Crippen LogP) is 4.64. The molecule has 0 saturated carbocycles. The van der Waals surface area contributed by atoms with E-state index in [0.29, 0.717) is 44.5 Å². The number of ether oxygens (including phenoxy) is 1. The Hall–Kier alpha value is -4.19. The Labute approximate surface area is 170 Å². The highest BCUT2D eigenvalue weighted by molar-refractivity contribution is 6.03. The Morgan fingerprint density at radius 2 is 1.73 bits per heavy atom. The number of fused-ring (bicyclic) bond motifs is 3. The quantitative estimate of drug-likeness (QED) is 0.326. The highest BCUT2D eigenvalue weighted by atomic mass is 16.5. The van der Waals surface area contributed by atoms with Crippen molar-refractivity contribution in [3.8, 4) is 28.1 Å². The lowest BCUT2D eigenvalue weighted by Crippen LogP contribution is -2.07. The number of benzene rings is 2. The molecule has 0 bridgehead atoms. The summed E-state index contributed by atoms with van der Waals surface area (Å²) in [6.07, 6.45) is 3.03. The summed E-state index contributed by atoms with van der Waals surface area (Å²) in [5.74, 6) is 0.701. The van der Waals surface area contributed by atoms with Gasteiger partial charge in [-0.3, -0.25) is 9.78 Å². The third-order valence-electron chi connectivity index (χ3n) is 4.99. The van der Waals surface area contributed by atoms with Gasteiger partial charge in [0.05, 0.1) is 34.7 Å². The van der Waals surface area contributed by atoms with Gasteiger partial charge < -0.3 is 13.6 Å². The summed E-state index contributed by atoms with van der Waals surface area (Å²) in [6.45, 7) is 0. The average molecular weight is 397 g/mol. The second kappa shape index (κ2) is 7.00. The Morgan fingerprint density at radius 1 is 0.900 bits per heavy atom. The first-order valence-electron chi connectivity index (χ1n) is 9.24. The van der Waals surface area contributed by atoms with Crippen molar-refractivity contribution in [1.29, 1.82) is 0 Å². The van der Waals surface area contributed by atoms with Crippen LogP contribution in [0, 0.1) is 0 Å². The molecule has 6 heteroatoms. The van der Waals surface area contributed by atoms with Gasteiger partial charge in [0, 0.05) is 6.20 Å². The minimum atomic E-state index is -0.502. The van der Waals surface area contributed by atoms with Gasteiger partial charge in [-0.25, -0.2) is 4.79 Å². The summed E-state index contributed by atoms with van der Waals surface area (Å²) in [7, 11) is 1.59. The van der Waals surface area contributed by atoms with Crippen LogP contribution in [0.15, 0.2) is 91.5 Å². The standard InChI is InChI=1S/C24H15NO5/c1-28-15-7-5-14(6-8-15)19-13-29-23-16(22(19)26)9-10-21-18(23)12-17(24(27)30-21)20-4-2-3-11-25-20/h2-13H,1H3. The molecule has 0 unspecified atom stereocenters. The molecule has 2 aromatic carbocycles. The van der Waals surface area contributed by atoms with Crippen molar-refractivity contribution in [2.45, 2.75) is 0 Å². The molecule has 146 valence electrons. The maximum Gasteiger partial charge on any atom is 0.345 e. The van der Waals surface area contributed by atoms with Crippen molar-refractivity contribution in [2.75, 3.05) is 7.11 Å². The van der Waals surface area contributed by atoms with Crippen LogP contribution in [0.3, 0.4) is 0 Å². The first-order chi connectivity index (χ1) is 14.7. The second-order valence-electron chi connectivity index (χ2n) is 6.72. The molecule has 0 saturated heterocycles. The molecule has 0 radical (unpaired) electrons. The lowest BCUT2D eigenvalue weighted by Gasteiger charge is -2.07. The molecule has 0 spiro atoms. The zero-order chi connectivity index (χ0) is 20.7. The maximum atomic E-state index is 13.2. The summed E-state index contributed by atoms with van der Waals surface area (Å²) >= 11 is 0. The molecular weight excluding hydrogens is 382 g/mol. The Balaban J connectivity index is 1.74. The first-order valence-corrected chi connectivity index (χ1v) is 9.24. The lowest BCUT2D eigenvalue weighted by molar-refractivity contribution is 0.415. The molecule has 0 fully saturated rings. The topological polar surface area (TPSA) is 82.5 Å². The number of aromatic nitrogens is 1. The monoisotopic (exact) mass is 397 g/mol. The first kappa shape index (κ1) is 17.9. The molecule has 3 heterocycles. The molecule has 6 nitrogen and oxygen atoms in total. The van der Waals surface area contributed by atoms with E-state index >= 15 is 0 Å². The van der Waals surface area contributed by atoms with Crippen molar-refractivity contribution < 1.29 is 13.6 Å². The van der Waals surface area contributed by atoms with E-state index in [1.165, 1.54) is 6.26 Å². The summed E-state index contributed by atoms with van der Waals surface area (Å²) in [4.78, 5) is 29.8. The molecule has 0 atom stereocenters. The number of hydrogen-bond acceptors (Lipinski definition) is 6. The third-order valence-corrected chi connectivity index (χ3v) is 4.99. The molecular formula is C24H15NO5. The fourth-order valence-corrected chi connectivity index (χ4v) is 3.46. The molecule has 0 aliphatic carbocycles. The molecule has 5 rings (SSSR count). The Bertz CT molecular complexity index is 1500. The molecule has 0 aliphatic heterocycles. The number of hydrogen-bond donors (Lipinski definition) is 0. The molecule has 30 heavy (non-hydrogen) atoms. The van der Waals surface area contributed by atoms with Crippen LogP contribution in [0.2, 0.25) is 0 Å². The minimum Gasteiger partial charge on any atom is -0.497 e. The van der Waals surface area contributed by atoms with Gasteiger partial charge in [-0.2, -0.15) is 0 Å². The summed E-state index contributed by atoms with van der Waals surface area (Å²) in [5, 5.41) is 0.933. The molecule has 0 amide bonds. The van der Waals surface area contributed by atoms with Gasteiger partial charge in [-0.15, -0.1) is 0 Å². The van der Waals surface area contributed by atoms with Gasteiger partial charge in [0.2, 0.25) is 5.43 Å². The van der Waals surface area contributed by atoms with E-state index in [-0.39, 0.29) is 5.43 Å². The summed E-state index contributed by atoms with van der Waals surface area (Å²) in [5.41, 5.74) is 1.97. The van der Waals surface area contributed by atoms with Crippen LogP contribution < -0.4 is 15.8 Å². The van der Waals surface area contributed by atoms with E-state index in [1.54, 1.807) is 74.0 Å². The van der Waals surface area contributed by atoms with Crippen LogP contribution in [0.1, 0.15) is 0 Å². The summed E-state index contributed by atoms with van der Waals surface area (Å²) < 4.78 is 16.5. The van der Waals surface area contributed by atoms with Crippen molar-refractivity contribution in [1.82, 2.24) is 4.98 Å². The van der Waals surface area contributed by atoms with Crippen LogP contribution in [0.4, 0.5) is 0 Å². The normalized spacial score (nSPS) is 11.1. The number of nitrogens with zero attached hydrogens (tertiary/aromatic N) is 1. The van der Waals surface area contributed by atoms with Crippen molar-refractivity contribution >= 4 is 21.9 Å². The summed E-state index contributed by atoms with van der Waals surface area (Å²) in [6, 6.07) is 17.3. The van der Waals surface area contributed by atoms with Gasteiger partial charge in [0.15, 0.2) is 0 Å². The van der Waals surface area contributed by atoms with Gasteiger partial charge in [0.25, 0.3) is 0 Å². The fraction of sp³-hybridized carbons (Fsp3) is 0.0417. The number of pyridine rings is 1. The minimum absolute atomic E-state index is 0.172. The van der Waals surface area contributed by atoms with E-state index in [9.17, 15) is 9.59 Å². The van der Waals surface area contributed by atoms with Gasteiger partial charge in [0.1, 0.15) is 23.2 Å². The SMILES string of the molecule is COc1ccc(-c2coc3c(ccc4oc(=O)c(-c5ccccn5)cc43)c2=O)cc1. The lowest BCUT2D eigenvalue weighted by atomic mass is 10.0. The third kappa shape index (κ3) is 2.86. The van der Waals surface area contributed by atoms with Crippen molar-refractivity contribution in [3.63, 3.8) is 0 Å². The van der Waals surface area contributed by atoms with Gasteiger partial charge in [-0.05, 0) is 48.0 Å². The molecule has 0 N–H and O–H groups in total. The Kier molecular flexibility index (Phi) is 4.17. The van der Waals surface area contributed by atoms with Gasteiger partial charge >= 0.3 is 5.63 Å². The van der Waals surface area contributed by atoms with Crippen LogP contribution in [-0.2, 0) is 0 Å². The molecule has 0 aliphatic rings. The maximum absolute atomic E-state index is 13.2. The highest BCUT2D eigenvalue weighted by Gasteiger charge is 2.15. The molecule has 5 aromatic rings. The number of methoxy groups -OCH3 is 1. The highest BCUT2D eigenvalue weighted by Crippen LogP contribution is 2.28. The van der Waals surface area contributed by atoms with Crippen LogP contribution in [0.25, 0.3) is 44.3 Å². The second-order valence-corrected chi connectivity index (χ2v) is 6.72. The number of rotatable bonds is 3. The van der Waals surface area contributed by atoms with Crippen molar-refractivity contribution in [3.05, 3.63) is 93.8 Å². The molecule has 3 aromatic heterocycles. The van der Waals surface area contributed by atoms with E-state index in [2.05, 4.69) is 4.98 Å². The van der Waals surface area contributed by atoms with E-state index < -0.39 is 5.63 Å². The van der Waals surface area contributed by atoms with Crippen LogP contribution in [0.5, 0.6) is 5.75 Å².